The van der Waals surface area contributed by atoms with Crippen molar-refractivity contribution in [1.82, 2.24) is 0 Å². The van der Waals surface area contributed by atoms with Gasteiger partial charge in [-0.25, -0.2) is 0 Å². The number of halogens is 1. The van der Waals surface area contributed by atoms with Gasteiger partial charge < -0.3 is 0 Å². The van der Waals surface area contributed by atoms with Gasteiger partial charge >= 0.3 is 59.3 Å². The summed E-state index contributed by atoms with van der Waals surface area (Å²) in [6, 6.07) is 3.72. The van der Waals surface area contributed by atoms with E-state index in [0.717, 1.165) is 5.76 Å². The van der Waals surface area contributed by atoms with E-state index in [1.807, 2.05) is 12.1 Å². The van der Waals surface area contributed by atoms with Crippen LogP contribution in [0.25, 0.3) is 0 Å². The molecule has 0 unspecified atom stereocenters. The number of hydrogen-bond acceptors (Lipinski definition) is 2. The van der Waals surface area contributed by atoms with Crippen LogP contribution in [0, 0.1) is 0 Å². The molecule has 1 aromatic rings. The van der Waals surface area contributed by atoms with Crippen molar-refractivity contribution in [3.8, 4) is 0 Å². The molecule has 0 saturated carbocycles. The van der Waals surface area contributed by atoms with E-state index in [2.05, 4.69) is 0 Å². The number of rotatable bonds is 2. The molecule has 0 aliphatic carbocycles. The molecule has 0 radical (unpaired) electrons. The molecule has 1 aromatic heterocycles. The Balaban J connectivity index is 0.000000640. The summed E-state index contributed by atoms with van der Waals surface area (Å²) in [5, 5.41) is 0. The third-order valence-corrected chi connectivity index (χ3v) is 1.02. The van der Waals surface area contributed by atoms with E-state index < -0.39 is 0 Å². The second-order valence-electron chi connectivity index (χ2n) is 1.37. The summed E-state index contributed by atoms with van der Waals surface area (Å²) in [7, 11) is 0. The fraction of sp³-hybridized carbons (Fsp3) is 0.200. The molecule has 2 nitrogen and oxygen atoms in total. The van der Waals surface area contributed by atoms with Crippen LogP contribution in [-0.2, 0) is 30.7 Å². The van der Waals surface area contributed by atoms with Crippen LogP contribution in [-0.4, -0.2) is 0 Å². The average molecular weight is 181 g/mol. The molecule has 0 aliphatic rings. The molecule has 0 saturated heterocycles. The Kier molecular flexibility index (Phi) is 5.20. The van der Waals surface area contributed by atoms with Gasteiger partial charge in [0.15, 0.2) is 0 Å². The van der Waals surface area contributed by atoms with Crippen molar-refractivity contribution in [3.05, 3.63) is 24.2 Å². The van der Waals surface area contributed by atoms with Crippen molar-refractivity contribution in [1.29, 1.82) is 0 Å². The van der Waals surface area contributed by atoms with E-state index >= 15 is 0 Å². The van der Waals surface area contributed by atoms with Crippen LogP contribution >= 0.6 is 12.4 Å². The van der Waals surface area contributed by atoms with Crippen molar-refractivity contribution in [3.63, 3.8) is 0 Å². The summed E-state index contributed by atoms with van der Waals surface area (Å²) in [4.78, 5) is 0. The number of furan rings is 1. The molecule has 0 N–H and O–H groups in total. The topological polar surface area (TPSA) is 22.4 Å². The minimum atomic E-state index is 0. The minimum absolute atomic E-state index is 0. The predicted octanol–water partition coefficient (Wildman–Crippen LogP) is 1.68. The first-order chi connectivity index (χ1) is 3.93. The second-order valence-corrected chi connectivity index (χ2v) is 1.82. The summed E-state index contributed by atoms with van der Waals surface area (Å²) in [6.07, 6.45) is 1.63. The molecular formula is C5H6ClO2Ti. The van der Waals surface area contributed by atoms with Crippen LogP contribution in [0.15, 0.2) is 22.8 Å². The quantitative estimate of drug-likeness (QED) is 0.648. The molecule has 0 amide bonds. The predicted molar refractivity (Wildman–Crippen MR) is 30.7 cm³/mol. The molecule has 0 aliphatic heterocycles. The number of hydrogen-bond donors (Lipinski definition) is 0. The van der Waals surface area contributed by atoms with E-state index in [1.54, 1.807) is 27.1 Å². The van der Waals surface area contributed by atoms with Crippen LogP contribution in [0.3, 0.4) is 0 Å². The van der Waals surface area contributed by atoms with Gasteiger partial charge in [-0.3, -0.25) is 0 Å². The van der Waals surface area contributed by atoms with E-state index in [1.165, 1.54) is 0 Å². The van der Waals surface area contributed by atoms with Crippen LogP contribution in [0.2, 0.25) is 0 Å². The zero-order valence-corrected chi connectivity index (χ0v) is 7.04. The first kappa shape index (κ1) is 9.24. The van der Waals surface area contributed by atoms with E-state index in [9.17, 15) is 0 Å². The molecule has 4 heteroatoms. The normalized spacial score (nSPS) is 8.33. The van der Waals surface area contributed by atoms with Gasteiger partial charge in [-0.2, -0.15) is 0 Å². The fourth-order valence-electron chi connectivity index (χ4n) is 0.466. The molecule has 0 spiro atoms. The molecule has 49 valence electrons. The maximum atomic E-state index is 4.95. The molecule has 9 heavy (non-hydrogen) atoms. The van der Waals surface area contributed by atoms with Crippen LogP contribution in [0.5, 0.6) is 0 Å². The zero-order chi connectivity index (χ0) is 5.82. The molecule has 0 atom stereocenters. The average Bonchev–Trinajstić information content (AvgIpc) is 2.19. The van der Waals surface area contributed by atoms with Gasteiger partial charge in [0, 0.05) is 0 Å². The molecule has 0 fully saturated rings. The van der Waals surface area contributed by atoms with Gasteiger partial charge in [0.2, 0.25) is 0 Å². The van der Waals surface area contributed by atoms with Crippen LogP contribution in [0.1, 0.15) is 5.76 Å². The van der Waals surface area contributed by atoms with E-state index in [0.29, 0.717) is 6.61 Å². The molecule has 0 aromatic carbocycles. The van der Waals surface area contributed by atoms with Gasteiger partial charge in [-0.05, 0) is 0 Å². The molecule has 1 rings (SSSR count). The summed E-state index contributed by atoms with van der Waals surface area (Å²) >= 11 is 1.64. The summed E-state index contributed by atoms with van der Waals surface area (Å²) in [6.45, 7) is 0.562. The van der Waals surface area contributed by atoms with E-state index in [4.69, 9.17) is 7.74 Å². The van der Waals surface area contributed by atoms with Gasteiger partial charge in [-0.15, -0.1) is 12.4 Å². The molecule has 0 bridgehead atoms. The Morgan fingerprint density at radius 1 is 1.67 bits per heavy atom. The fourth-order valence-corrected chi connectivity index (χ4v) is 0.688. The Hall–Kier alpha value is 0.244. The van der Waals surface area contributed by atoms with Crippen molar-refractivity contribution < 1.29 is 28.6 Å². The molecule has 1 heterocycles. The first-order valence-electron chi connectivity index (χ1n) is 2.24. The summed E-state index contributed by atoms with van der Waals surface area (Å²) in [5.74, 6) is 0.868. The molecular weight excluding hydrogens is 175 g/mol. The van der Waals surface area contributed by atoms with Crippen molar-refractivity contribution in [2.45, 2.75) is 6.61 Å². The third kappa shape index (κ3) is 3.06. The van der Waals surface area contributed by atoms with Crippen LogP contribution < -0.4 is 0 Å². The van der Waals surface area contributed by atoms with Crippen molar-refractivity contribution in [2.75, 3.05) is 0 Å². The summed E-state index contributed by atoms with van der Waals surface area (Å²) in [5.41, 5.74) is 0. The SMILES string of the molecule is Cl.[Ti][O]Cc1ccco1. The van der Waals surface area contributed by atoms with Crippen LogP contribution in [0.4, 0.5) is 0 Å². The zero-order valence-electron chi connectivity index (χ0n) is 4.66. The Labute approximate surface area is 71.9 Å². The van der Waals surface area contributed by atoms with Gasteiger partial charge in [0.1, 0.15) is 0 Å². The van der Waals surface area contributed by atoms with Gasteiger partial charge in [0.25, 0.3) is 0 Å². The second kappa shape index (κ2) is 5.06. The summed E-state index contributed by atoms with van der Waals surface area (Å²) < 4.78 is 9.74. The maximum absolute atomic E-state index is 4.95. The first-order valence-corrected chi connectivity index (χ1v) is 2.88. The van der Waals surface area contributed by atoms with Crippen molar-refractivity contribution >= 4 is 12.4 Å². The van der Waals surface area contributed by atoms with Crippen molar-refractivity contribution in [2.24, 2.45) is 0 Å². The third-order valence-electron chi connectivity index (χ3n) is 0.795. The Morgan fingerprint density at radius 2 is 2.44 bits per heavy atom. The van der Waals surface area contributed by atoms with Gasteiger partial charge in [-0.1, -0.05) is 0 Å². The van der Waals surface area contributed by atoms with E-state index in [-0.39, 0.29) is 12.4 Å². The monoisotopic (exact) mass is 181 g/mol. The standard InChI is InChI=1S/C5H5O2.ClH.Ti/c6-4-5-2-1-3-7-5;;/h1-3H,4H2;1H;/q-1;;+1. The Bertz CT molecular complexity index is 141. The van der Waals surface area contributed by atoms with Gasteiger partial charge in [0.05, 0.1) is 0 Å². The Morgan fingerprint density at radius 3 is 2.89 bits per heavy atom.